The summed E-state index contributed by atoms with van der Waals surface area (Å²) < 4.78 is 4.84. The van der Waals surface area contributed by atoms with Gasteiger partial charge in [0.05, 0.1) is 11.0 Å². The van der Waals surface area contributed by atoms with E-state index in [-0.39, 0.29) is 0 Å². The van der Waals surface area contributed by atoms with Gasteiger partial charge in [-0.1, -0.05) is 152 Å². The topological polar surface area (TPSA) is 43.6 Å². The summed E-state index contributed by atoms with van der Waals surface area (Å²) in [5, 5.41) is 12.1. The average Bonchev–Trinajstić information content (AvgIpc) is 3.82. The number of para-hydroxylation sites is 1. The highest BCUT2D eigenvalue weighted by Crippen LogP contribution is 2.44. The summed E-state index contributed by atoms with van der Waals surface area (Å²) in [7, 11) is 0. The minimum Gasteiger partial charge on any atom is -0.309 e. The van der Waals surface area contributed by atoms with Crippen LogP contribution in [0.5, 0.6) is 0 Å². The maximum atomic E-state index is 5.33. The minimum atomic E-state index is 0.646. The molecule has 0 saturated carbocycles. The minimum absolute atomic E-state index is 0.646. The van der Waals surface area contributed by atoms with Gasteiger partial charge in [0, 0.05) is 58.7 Å². The highest BCUT2D eigenvalue weighted by atomic mass is 32.1. The van der Waals surface area contributed by atoms with Crippen LogP contribution in [0.25, 0.3) is 114 Å². The first-order valence-electron chi connectivity index (χ1n) is 18.9. The van der Waals surface area contributed by atoms with E-state index in [0.29, 0.717) is 17.5 Å². The second-order valence-electron chi connectivity index (χ2n) is 14.4. The average molecular weight is 731 g/mol. The van der Waals surface area contributed by atoms with Gasteiger partial charge in [-0.3, -0.25) is 0 Å². The number of aromatic nitrogens is 4. The number of benzene rings is 9. The maximum Gasteiger partial charge on any atom is 0.165 e. The van der Waals surface area contributed by atoms with Gasteiger partial charge in [-0.2, -0.15) is 0 Å². The predicted octanol–water partition coefficient (Wildman–Crippen LogP) is 13.8. The molecule has 12 aromatic rings. The Hall–Kier alpha value is -7.21. The second kappa shape index (κ2) is 12.2. The summed E-state index contributed by atoms with van der Waals surface area (Å²) in [4.78, 5) is 15.7. The molecule has 0 aliphatic heterocycles. The quantitative estimate of drug-likeness (QED) is 0.169. The predicted molar refractivity (Wildman–Crippen MR) is 236 cm³/mol. The van der Waals surface area contributed by atoms with Crippen LogP contribution in [-0.2, 0) is 0 Å². The number of fused-ring (bicyclic) bond motifs is 11. The second-order valence-corrected chi connectivity index (χ2v) is 15.5. The van der Waals surface area contributed by atoms with Crippen LogP contribution in [0.15, 0.2) is 182 Å². The molecule has 260 valence electrons. The van der Waals surface area contributed by atoms with E-state index in [4.69, 9.17) is 15.0 Å². The van der Waals surface area contributed by atoms with Gasteiger partial charge in [-0.15, -0.1) is 11.3 Å². The number of hydrogen-bond acceptors (Lipinski definition) is 4. The van der Waals surface area contributed by atoms with Crippen molar-refractivity contribution in [3.63, 3.8) is 0 Å². The fraction of sp³-hybridized carbons (Fsp3) is 0. The zero-order valence-corrected chi connectivity index (χ0v) is 30.8. The first-order chi connectivity index (χ1) is 27.7. The Labute approximate surface area is 325 Å². The molecule has 0 spiro atoms. The lowest BCUT2D eigenvalue weighted by atomic mass is 9.99. The van der Waals surface area contributed by atoms with Gasteiger partial charge in [-0.25, -0.2) is 15.0 Å². The third-order valence-electron chi connectivity index (χ3n) is 11.2. The van der Waals surface area contributed by atoms with Crippen LogP contribution in [0.4, 0.5) is 0 Å². The fourth-order valence-electron chi connectivity index (χ4n) is 8.59. The summed E-state index contributed by atoms with van der Waals surface area (Å²) in [5.74, 6) is 1.94. The van der Waals surface area contributed by atoms with Crippen molar-refractivity contribution in [2.75, 3.05) is 0 Å². The molecule has 0 N–H and O–H groups in total. The van der Waals surface area contributed by atoms with Crippen molar-refractivity contribution >= 4 is 85.6 Å². The van der Waals surface area contributed by atoms with E-state index < -0.39 is 0 Å². The third-order valence-corrected chi connectivity index (χ3v) is 12.4. The lowest BCUT2D eigenvalue weighted by Crippen LogP contribution is -2.01. The van der Waals surface area contributed by atoms with Gasteiger partial charge < -0.3 is 4.57 Å². The monoisotopic (exact) mass is 730 g/mol. The van der Waals surface area contributed by atoms with E-state index in [0.717, 1.165) is 38.0 Å². The summed E-state index contributed by atoms with van der Waals surface area (Å²) in [6.45, 7) is 0. The summed E-state index contributed by atoms with van der Waals surface area (Å²) in [5.41, 5.74) is 6.30. The Kier molecular flexibility index (Phi) is 6.76. The first kappa shape index (κ1) is 31.2. The molecule has 3 heterocycles. The highest BCUT2D eigenvalue weighted by molar-refractivity contribution is 7.26. The van der Waals surface area contributed by atoms with Crippen LogP contribution in [-0.4, -0.2) is 19.5 Å². The van der Waals surface area contributed by atoms with E-state index in [1.165, 1.54) is 58.7 Å². The summed E-state index contributed by atoms with van der Waals surface area (Å²) >= 11 is 1.80. The molecule has 0 bridgehead atoms. The molecule has 0 saturated heterocycles. The molecule has 4 nitrogen and oxygen atoms in total. The van der Waals surface area contributed by atoms with Gasteiger partial charge in [0.15, 0.2) is 17.5 Å². The van der Waals surface area contributed by atoms with Crippen LogP contribution in [0.1, 0.15) is 0 Å². The Morgan fingerprint density at radius 1 is 0.375 bits per heavy atom. The molecule has 0 aliphatic carbocycles. The lowest BCUT2D eigenvalue weighted by molar-refractivity contribution is 1.08. The van der Waals surface area contributed by atoms with E-state index >= 15 is 0 Å². The van der Waals surface area contributed by atoms with Crippen LogP contribution in [0.2, 0.25) is 0 Å². The molecule has 56 heavy (non-hydrogen) atoms. The van der Waals surface area contributed by atoms with Crippen LogP contribution in [0.3, 0.4) is 0 Å². The molecule has 12 rings (SSSR count). The van der Waals surface area contributed by atoms with Crippen molar-refractivity contribution in [2.24, 2.45) is 0 Å². The zero-order chi connectivity index (χ0) is 36.7. The van der Waals surface area contributed by atoms with Gasteiger partial charge in [0.1, 0.15) is 0 Å². The standard InChI is InChI=1S/C51H30N4S/c1-2-14-33(15-3-1)49-52-50(35-23-22-31-12-4-5-16-34(31)28-35)54-51(53-49)44-30-36(29-43-40-19-9-11-21-46(40)56-48(43)44)55-45-20-10-8-18-39(45)42-27-26-38-37-17-7-6-13-32(37)24-25-41(38)47(42)55/h1-30H. The van der Waals surface area contributed by atoms with Gasteiger partial charge in [0.25, 0.3) is 0 Å². The smallest absolute Gasteiger partial charge is 0.165 e. The molecule has 0 fully saturated rings. The van der Waals surface area contributed by atoms with Crippen molar-refractivity contribution < 1.29 is 0 Å². The SMILES string of the molecule is c1ccc(-c2nc(-c3ccc4ccccc4c3)nc(-c3cc(-n4c5ccccc5c5ccc6c7ccccc7ccc6c54)cc4c3sc3ccccc34)n2)cc1. The summed E-state index contributed by atoms with van der Waals surface area (Å²) in [6, 6.07) is 65.1. The van der Waals surface area contributed by atoms with Crippen molar-refractivity contribution in [3.8, 4) is 39.9 Å². The third kappa shape index (κ3) is 4.75. The van der Waals surface area contributed by atoms with E-state index in [9.17, 15) is 0 Å². The Morgan fingerprint density at radius 3 is 1.88 bits per heavy atom. The summed E-state index contributed by atoms with van der Waals surface area (Å²) in [6.07, 6.45) is 0. The molecular formula is C51H30N4S. The fourth-order valence-corrected chi connectivity index (χ4v) is 9.79. The van der Waals surface area contributed by atoms with Crippen LogP contribution < -0.4 is 0 Å². The number of thiophene rings is 1. The number of rotatable bonds is 4. The zero-order valence-electron chi connectivity index (χ0n) is 30.0. The first-order valence-corrected chi connectivity index (χ1v) is 19.7. The molecule has 0 amide bonds. The molecule has 0 radical (unpaired) electrons. The Balaban J connectivity index is 1.20. The van der Waals surface area contributed by atoms with Gasteiger partial charge in [0.2, 0.25) is 0 Å². The molecule has 5 heteroatoms. The largest absolute Gasteiger partial charge is 0.309 e. The van der Waals surface area contributed by atoms with E-state index in [1.807, 2.05) is 18.2 Å². The van der Waals surface area contributed by atoms with Crippen molar-refractivity contribution in [1.82, 2.24) is 19.5 Å². The van der Waals surface area contributed by atoms with Crippen LogP contribution in [0, 0.1) is 0 Å². The normalized spacial score (nSPS) is 11.9. The Bertz CT molecular complexity index is 3540. The van der Waals surface area contributed by atoms with E-state index in [2.05, 4.69) is 168 Å². The molecule has 3 aromatic heterocycles. The van der Waals surface area contributed by atoms with Crippen LogP contribution >= 0.6 is 11.3 Å². The van der Waals surface area contributed by atoms with Gasteiger partial charge in [-0.05, 0) is 57.3 Å². The molecule has 0 aliphatic rings. The van der Waals surface area contributed by atoms with E-state index in [1.54, 1.807) is 11.3 Å². The maximum absolute atomic E-state index is 5.33. The molecule has 0 unspecified atom stereocenters. The van der Waals surface area contributed by atoms with Crippen molar-refractivity contribution in [1.29, 1.82) is 0 Å². The number of nitrogens with zero attached hydrogens (tertiary/aromatic N) is 4. The molecule has 9 aromatic carbocycles. The number of hydrogen-bond donors (Lipinski definition) is 0. The van der Waals surface area contributed by atoms with Crippen molar-refractivity contribution in [3.05, 3.63) is 182 Å². The molecule has 0 atom stereocenters. The Morgan fingerprint density at radius 2 is 1.00 bits per heavy atom. The van der Waals surface area contributed by atoms with Crippen molar-refractivity contribution in [2.45, 2.75) is 0 Å². The highest BCUT2D eigenvalue weighted by Gasteiger charge is 2.22. The lowest BCUT2D eigenvalue weighted by Gasteiger charge is -2.14. The van der Waals surface area contributed by atoms with Gasteiger partial charge >= 0.3 is 0 Å². The molecular weight excluding hydrogens is 701 g/mol.